The van der Waals surface area contributed by atoms with Gasteiger partial charge in [-0.05, 0) is 31.2 Å². The number of morpholine rings is 1. The quantitative estimate of drug-likeness (QED) is 0.601. The third-order valence-electron chi connectivity index (χ3n) is 5.81. The van der Waals surface area contributed by atoms with E-state index < -0.39 is 11.5 Å². The van der Waals surface area contributed by atoms with E-state index in [4.69, 9.17) is 9.47 Å². The van der Waals surface area contributed by atoms with Crippen molar-refractivity contribution in [3.63, 3.8) is 0 Å². The number of hydrogen-bond acceptors (Lipinski definition) is 5. The van der Waals surface area contributed by atoms with Crippen LogP contribution in [0, 0.1) is 11.8 Å². The lowest BCUT2D eigenvalue weighted by atomic mass is 9.78. The highest BCUT2D eigenvalue weighted by Gasteiger charge is 2.66. The number of anilines is 2. The Morgan fingerprint density at radius 1 is 1.04 bits per heavy atom. The number of amides is 2. The van der Waals surface area contributed by atoms with E-state index in [-0.39, 0.29) is 23.8 Å². The first-order chi connectivity index (χ1) is 12.1. The molecular formula is C19H20N2O4. The van der Waals surface area contributed by atoms with Crippen molar-refractivity contribution in [2.45, 2.75) is 18.6 Å². The van der Waals surface area contributed by atoms with Crippen molar-refractivity contribution in [1.29, 1.82) is 0 Å². The lowest BCUT2D eigenvalue weighted by Gasteiger charge is -2.29. The Bertz CT molecular complexity index is 768. The summed E-state index contributed by atoms with van der Waals surface area (Å²) < 4.78 is 11.2. The maximum Gasteiger partial charge on any atom is 0.241 e. The maximum atomic E-state index is 12.9. The highest BCUT2D eigenvalue weighted by Crippen LogP contribution is 2.52. The van der Waals surface area contributed by atoms with Crippen LogP contribution >= 0.6 is 0 Å². The van der Waals surface area contributed by atoms with Gasteiger partial charge in [-0.15, -0.1) is 0 Å². The van der Waals surface area contributed by atoms with Crippen molar-refractivity contribution in [3.8, 4) is 0 Å². The normalized spacial score (nSPS) is 36.4. The number of benzene rings is 1. The van der Waals surface area contributed by atoms with E-state index in [9.17, 15) is 9.59 Å². The molecule has 2 amide bonds. The summed E-state index contributed by atoms with van der Waals surface area (Å²) in [5.41, 5.74) is 1.08. The molecule has 0 saturated carbocycles. The molecule has 1 aromatic rings. The van der Waals surface area contributed by atoms with Crippen molar-refractivity contribution in [3.05, 3.63) is 36.4 Å². The predicted molar refractivity (Wildman–Crippen MR) is 91.4 cm³/mol. The van der Waals surface area contributed by atoms with Crippen LogP contribution in [0.4, 0.5) is 11.4 Å². The molecular weight excluding hydrogens is 320 g/mol. The summed E-state index contributed by atoms with van der Waals surface area (Å²) in [6, 6.07) is 7.67. The smallest absolute Gasteiger partial charge is 0.241 e. The molecule has 2 bridgehead atoms. The largest absolute Gasteiger partial charge is 0.378 e. The number of nitrogens with zero attached hydrogens (tertiary/aromatic N) is 2. The van der Waals surface area contributed by atoms with Crippen LogP contribution in [-0.2, 0) is 19.1 Å². The second kappa shape index (κ2) is 5.16. The number of imide groups is 1. The molecule has 6 heteroatoms. The second-order valence-electron chi connectivity index (χ2n) is 7.26. The van der Waals surface area contributed by atoms with Gasteiger partial charge in [-0.25, -0.2) is 4.90 Å². The van der Waals surface area contributed by atoms with E-state index in [0.717, 1.165) is 32.0 Å². The van der Waals surface area contributed by atoms with Crippen LogP contribution in [0.1, 0.15) is 6.92 Å². The molecule has 4 aliphatic heterocycles. The number of fused-ring (bicyclic) bond motifs is 5. The van der Waals surface area contributed by atoms with Crippen LogP contribution in [0.25, 0.3) is 0 Å². The third kappa shape index (κ3) is 2.04. The topological polar surface area (TPSA) is 59.1 Å². The minimum Gasteiger partial charge on any atom is -0.378 e. The summed E-state index contributed by atoms with van der Waals surface area (Å²) >= 11 is 0. The minimum absolute atomic E-state index is 0.146. The van der Waals surface area contributed by atoms with Gasteiger partial charge >= 0.3 is 0 Å². The van der Waals surface area contributed by atoms with Gasteiger partial charge in [0.15, 0.2) is 0 Å². The molecule has 0 aliphatic carbocycles. The molecule has 4 aliphatic rings. The van der Waals surface area contributed by atoms with Gasteiger partial charge in [0.1, 0.15) is 0 Å². The molecule has 3 fully saturated rings. The van der Waals surface area contributed by atoms with Crippen molar-refractivity contribution in [1.82, 2.24) is 0 Å². The summed E-state index contributed by atoms with van der Waals surface area (Å²) in [5.74, 6) is -1.09. The van der Waals surface area contributed by atoms with Gasteiger partial charge in [-0.1, -0.05) is 12.2 Å². The first kappa shape index (κ1) is 15.1. The zero-order valence-electron chi connectivity index (χ0n) is 14.1. The summed E-state index contributed by atoms with van der Waals surface area (Å²) in [4.78, 5) is 29.4. The molecule has 0 unspecified atom stereocenters. The Morgan fingerprint density at radius 2 is 1.72 bits per heavy atom. The fourth-order valence-electron chi connectivity index (χ4n) is 4.54. The molecule has 1 aromatic carbocycles. The Morgan fingerprint density at radius 3 is 2.40 bits per heavy atom. The standard InChI is InChI=1S/C19H20N2O4/c1-19-7-6-14(25-19)15-16(19)18(23)21(17(15)22)13-4-2-12(3-5-13)20-8-10-24-11-9-20/h2-7,14-16H,8-11H2,1H3/t14-,15+,16-,19-/m0/s1. The zero-order valence-corrected chi connectivity index (χ0v) is 14.1. The molecule has 3 saturated heterocycles. The SMILES string of the molecule is C[C@@]12C=C[C@H](O1)[C@H]1C(=O)N(c3ccc(N4CCOCC4)cc3)C(=O)[C@H]12. The van der Waals surface area contributed by atoms with Crippen LogP contribution in [0.15, 0.2) is 36.4 Å². The van der Waals surface area contributed by atoms with E-state index in [2.05, 4.69) is 4.90 Å². The molecule has 4 heterocycles. The van der Waals surface area contributed by atoms with Gasteiger partial charge in [0.2, 0.25) is 11.8 Å². The van der Waals surface area contributed by atoms with E-state index in [1.165, 1.54) is 4.90 Å². The predicted octanol–water partition coefficient (Wildman–Crippen LogP) is 1.36. The maximum absolute atomic E-state index is 12.9. The van der Waals surface area contributed by atoms with E-state index in [1.807, 2.05) is 43.3 Å². The molecule has 25 heavy (non-hydrogen) atoms. The summed E-state index contributed by atoms with van der Waals surface area (Å²) in [5, 5.41) is 0. The minimum atomic E-state index is -0.648. The van der Waals surface area contributed by atoms with E-state index >= 15 is 0 Å². The monoisotopic (exact) mass is 340 g/mol. The fraction of sp³-hybridized carbons (Fsp3) is 0.474. The number of carbonyl (C=O) groups excluding carboxylic acids is 2. The average Bonchev–Trinajstić information content (AvgIpc) is 3.25. The van der Waals surface area contributed by atoms with Crippen LogP contribution in [0.3, 0.4) is 0 Å². The van der Waals surface area contributed by atoms with Gasteiger partial charge < -0.3 is 14.4 Å². The number of carbonyl (C=O) groups is 2. The van der Waals surface area contributed by atoms with Crippen molar-refractivity contribution in [2.75, 3.05) is 36.1 Å². The average molecular weight is 340 g/mol. The van der Waals surface area contributed by atoms with Crippen molar-refractivity contribution < 1.29 is 19.1 Å². The Labute approximate surface area is 146 Å². The first-order valence-electron chi connectivity index (χ1n) is 8.76. The van der Waals surface area contributed by atoms with Gasteiger partial charge in [-0.2, -0.15) is 0 Å². The van der Waals surface area contributed by atoms with E-state index in [1.54, 1.807) is 0 Å². The first-order valence-corrected chi connectivity index (χ1v) is 8.76. The molecule has 0 radical (unpaired) electrons. The Balaban J connectivity index is 1.42. The van der Waals surface area contributed by atoms with Crippen LogP contribution < -0.4 is 9.80 Å². The molecule has 0 spiro atoms. The lowest BCUT2D eigenvalue weighted by molar-refractivity contribution is -0.126. The number of ether oxygens (including phenoxy) is 2. The van der Waals surface area contributed by atoms with Crippen LogP contribution in [-0.4, -0.2) is 49.8 Å². The summed E-state index contributed by atoms with van der Waals surface area (Å²) in [7, 11) is 0. The van der Waals surface area contributed by atoms with Crippen molar-refractivity contribution >= 4 is 23.2 Å². The molecule has 0 N–H and O–H groups in total. The molecule has 0 aromatic heterocycles. The molecule has 6 nitrogen and oxygen atoms in total. The van der Waals surface area contributed by atoms with Crippen LogP contribution in [0.5, 0.6) is 0 Å². The number of rotatable bonds is 2. The lowest BCUT2D eigenvalue weighted by Crippen LogP contribution is -2.38. The van der Waals surface area contributed by atoms with Crippen LogP contribution in [0.2, 0.25) is 0 Å². The van der Waals surface area contributed by atoms with Gasteiger partial charge in [-0.3, -0.25) is 9.59 Å². The van der Waals surface area contributed by atoms with Gasteiger partial charge in [0.05, 0.1) is 42.4 Å². The Hall–Kier alpha value is -2.18. The molecule has 4 atom stereocenters. The number of hydrogen-bond donors (Lipinski definition) is 0. The third-order valence-corrected chi connectivity index (χ3v) is 5.81. The molecule has 5 rings (SSSR count). The summed E-state index contributed by atoms with van der Waals surface area (Å²) in [6.45, 7) is 5.05. The highest BCUT2D eigenvalue weighted by molar-refractivity contribution is 6.23. The Kier molecular flexibility index (Phi) is 3.12. The van der Waals surface area contributed by atoms with Gasteiger partial charge in [0.25, 0.3) is 0 Å². The fourth-order valence-corrected chi connectivity index (χ4v) is 4.54. The van der Waals surface area contributed by atoms with Gasteiger partial charge in [0, 0.05) is 18.8 Å². The van der Waals surface area contributed by atoms with Crippen molar-refractivity contribution in [2.24, 2.45) is 11.8 Å². The highest BCUT2D eigenvalue weighted by atomic mass is 16.5. The van der Waals surface area contributed by atoms with E-state index in [0.29, 0.717) is 5.69 Å². The molecule has 130 valence electrons. The second-order valence-corrected chi connectivity index (χ2v) is 7.26. The summed E-state index contributed by atoms with van der Waals surface area (Å²) in [6.07, 6.45) is 3.57. The zero-order chi connectivity index (χ0) is 17.2.